The van der Waals surface area contributed by atoms with Crippen molar-refractivity contribution in [2.24, 2.45) is 17.6 Å². The van der Waals surface area contributed by atoms with Crippen molar-refractivity contribution in [1.29, 1.82) is 0 Å². The Bertz CT molecular complexity index is 1180. The molecule has 13 heteroatoms. The van der Waals surface area contributed by atoms with E-state index in [1.807, 2.05) is 0 Å². The Morgan fingerprint density at radius 1 is 1.06 bits per heavy atom. The van der Waals surface area contributed by atoms with E-state index in [0.717, 1.165) is 0 Å². The summed E-state index contributed by atoms with van der Waals surface area (Å²) >= 11 is 0. The quantitative estimate of drug-likeness (QED) is 0.0888. The van der Waals surface area contributed by atoms with Crippen molar-refractivity contribution in [2.75, 3.05) is 14.1 Å². The molecule has 0 amide bonds. The Labute approximate surface area is 198 Å². The third-order valence-corrected chi connectivity index (χ3v) is 7.02. The second-order valence-electron chi connectivity index (χ2n) is 9.06. The Hall–Kier alpha value is -3.33. The molecule has 0 saturated heterocycles. The van der Waals surface area contributed by atoms with Crippen LogP contribution in [-0.2, 0) is 20.0 Å². The Morgan fingerprint density at radius 3 is 2.14 bits per heavy atom. The van der Waals surface area contributed by atoms with E-state index in [1.165, 1.54) is 44.1 Å². The lowest BCUT2D eigenvalue weighted by molar-refractivity contribution is -0.187. The average molecular weight is 496 g/mol. The summed E-state index contributed by atoms with van der Waals surface area (Å²) in [5, 5.41) is 65.3. The predicted octanol–water partition coefficient (Wildman–Crippen LogP) is -3.05. The standard InChI is InChI=1S/C22H24N2O9.2H2O/c1-21(32)7-5-4-6-8(25)9(7)15(26)10-12(21)17(28)13-14(24(2)3)16(27)11(20(23)31)19(30)22(13,33)18(10)29;;/h4-6,12-14,17,25-26,28,31-33H,23H2,1-3H3;2*1H2/b20-11-;;/t12-,13-,14+,17+,21-,22+;;/m1../s1. The molecule has 2 fully saturated rings. The van der Waals surface area contributed by atoms with Gasteiger partial charge in [0, 0.05) is 0 Å². The van der Waals surface area contributed by atoms with E-state index in [1.54, 1.807) is 0 Å². The van der Waals surface area contributed by atoms with Crippen molar-refractivity contribution >= 4 is 23.1 Å². The minimum atomic E-state index is -3.09. The molecule has 1 aromatic carbocycles. The molecule has 0 radical (unpaired) electrons. The Kier molecular flexibility index (Phi) is 6.70. The monoisotopic (exact) mass is 496 g/mol. The molecule has 0 aromatic heterocycles. The number of aliphatic hydroxyl groups excluding tert-OH is 3. The molecule has 0 unspecified atom stereocenters. The number of aromatic hydroxyl groups is 1. The first-order valence-electron chi connectivity index (χ1n) is 10.1. The number of hydrogen-bond acceptors (Lipinski definition) is 11. The number of Topliss-reactive ketones (excluding diaryl/α,β-unsaturated/α-hetero) is 3. The van der Waals surface area contributed by atoms with Crippen LogP contribution in [0, 0.1) is 11.8 Å². The first kappa shape index (κ1) is 27.9. The van der Waals surface area contributed by atoms with Gasteiger partial charge in [-0.15, -0.1) is 0 Å². The van der Waals surface area contributed by atoms with Crippen LogP contribution in [0.4, 0.5) is 0 Å². The molecule has 0 spiro atoms. The molecular formula is C22H28N2O11. The van der Waals surface area contributed by atoms with Crippen LogP contribution in [0.25, 0.3) is 5.76 Å². The second-order valence-corrected chi connectivity index (χ2v) is 9.06. The number of rotatable bonds is 1. The van der Waals surface area contributed by atoms with E-state index >= 15 is 0 Å². The molecule has 192 valence electrons. The number of nitrogens with two attached hydrogens (primary N) is 1. The van der Waals surface area contributed by atoms with Crippen molar-refractivity contribution in [3.63, 3.8) is 0 Å². The minimum absolute atomic E-state index is 0. The highest BCUT2D eigenvalue weighted by atomic mass is 16.3. The minimum Gasteiger partial charge on any atom is -0.507 e. The lowest BCUT2D eigenvalue weighted by atomic mass is 9.52. The number of phenols is 1. The second kappa shape index (κ2) is 8.41. The van der Waals surface area contributed by atoms with Crippen LogP contribution in [0.2, 0.25) is 0 Å². The maximum absolute atomic E-state index is 13.7. The van der Waals surface area contributed by atoms with Crippen molar-refractivity contribution in [3.8, 4) is 5.75 Å². The van der Waals surface area contributed by atoms with Gasteiger partial charge in [0.05, 0.1) is 40.7 Å². The number of likely N-dealkylation sites (N-methyl/N-ethyl adjacent to an activating group) is 1. The van der Waals surface area contributed by atoms with Crippen LogP contribution in [0.15, 0.2) is 35.2 Å². The zero-order valence-corrected chi connectivity index (χ0v) is 19.0. The average Bonchev–Trinajstić information content (AvgIpc) is 2.70. The summed E-state index contributed by atoms with van der Waals surface area (Å²) < 4.78 is 0. The van der Waals surface area contributed by atoms with Gasteiger partial charge < -0.3 is 47.3 Å². The number of aliphatic hydroxyl groups is 5. The molecule has 0 aliphatic heterocycles. The third kappa shape index (κ3) is 3.21. The van der Waals surface area contributed by atoms with Gasteiger partial charge in [-0.2, -0.15) is 0 Å². The van der Waals surface area contributed by atoms with Gasteiger partial charge in [0.15, 0.2) is 17.3 Å². The molecule has 4 rings (SSSR count). The highest BCUT2D eigenvalue weighted by Gasteiger charge is 2.71. The fraction of sp³-hybridized carbons (Fsp3) is 0.409. The topological polar surface area (TPSA) is 265 Å². The van der Waals surface area contributed by atoms with Crippen molar-refractivity contribution in [1.82, 2.24) is 4.90 Å². The molecular weight excluding hydrogens is 468 g/mol. The molecule has 2 saturated carbocycles. The fourth-order valence-corrected chi connectivity index (χ4v) is 5.59. The summed E-state index contributed by atoms with van der Waals surface area (Å²) in [4.78, 5) is 41.1. The van der Waals surface area contributed by atoms with E-state index in [9.17, 15) is 45.0 Å². The maximum Gasteiger partial charge on any atom is 0.211 e. The number of phenolic OH excluding ortho intramolecular Hbond substituents is 1. The molecule has 0 heterocycles. The maximum atomic E-state index is 13.7. The van der Waals surface area contributed by atoms with E-state index in [-0.39, 0.29) is 22.1 Å². The number of fused-ring (bicyclic) bond motifs is 3. The van der Waals surface area contributed by atoms with Crippen molar-refractivity contribution < 1.29 is 56.0 Å². The summed E-state index contributed by atoms with van der Waals surface area (Å²) in [5.41, 5.74) is -1.82. The normalized spacial score (nSPS) is 35.5. The van der Waals surface area contributed by atoms with Gasteiger partial charge in [0.25, 0.3) is 0 Å². The SMILES string of the molecule is CN(C)[C@@H]1C(=O)/C(=C(\N)O)C(=O)[C@@]2(O)C(=O)C3=C(O)c4c(O)cccc4[C@@](C)(O)[C@H]3[C@H](O)[C@@H]12.O.O. The number of nitrogens with zero attached hydrogens (tertiary/aromatic N) is 1. The molecule has 3 aliphatic rings. The van der Waals surface area contributed by atoms with Crippen LogP contribution < -0.4 is 5.73 Å². The van der Waals surface area contributed by atoms with Gasteiger partial charge in [0.2, 0.25) is 11.6 Å². The summed E-state index contributed by atoms with van der Waals surface area (Å²) in [6.45, 7) is 1.25. The number of hydrogen-bond donors (Lipinski definition) is 7. The van der Waals surface area contributed by atoms with Gasteiger partial charge in [-0.1, -0.05) is 12.1 Å². The zero-order chi connectivity index (χ0) is 24.8. The zero-order valence-electron chi connectivity index (χ0n) is 19.0. The number of carbonyl (C=O) groups excluding carboxylic acids is 3. The Morgan fingerprint density at radius 2 is 1.63 bits per heavy atom. The number of ketones is 3. The van der Waals surface area contributed by atoms with Gasteiger partial charge in [0.1, 0.15) is 17.1 Å². The lowest BCUT2D eigenvalue weighted by Gasteiger charge is -2.55. The summed E-state index contributed by atoms with van der Waals surface area (Å²) in [5.74, 6) is -9.77. The highest BCUT2D eigenvalue weighted by molar-refractivity contribution is 6.36. The lowest BCUT2D eigenvalue weighted by Crippen LogP contribution is -2.74. The summed E-state index contributed by atoms with van der Waals surface area (Å²) in [6, 6.07) is 2.49. The predicted molar refractivity (Wildman–Crippen MR) is 119 cm³/mol. The summed E-state index contributed by atoms with van der Waals surface area (Å²) in [7, 11) is 2.80. The van der Waals surface area contributed by atoms with Crippen molar-refractivity contribution in [3.05, 3.63) is 46.4 Å². The van der Waals surface area contributed by atoms with E-state index < -0.39 is 81.1 Å². The highest BCUT2D eigenvalue weighted by Crippen LogP contribution is 2.56. The van der Waals surface area contributed by atoms with E-state index in [4.69, 9.17) is 5.73 Å². The largest absolute Gasteiger partial charge is 0.507 e. The summed E-state index contributed by atoms with van der Waals surface area (Å²) in [6.07, 6.45) is -1.89. The van der Waals surface area contributed by atoms with Crippen LogP contribution in [0.3, 0.4) is 0 Å². The smallest absolute Gasteiger partial charge is 0.211 e. The molecule has 6 atom stereocenters. The van der Waals surface area contributed by atoms with Gasteiger partial charge in [-0.3, -0.25) is 19.3 Å². The molecule has 3 aliphatic carbocycles. The van der Waals surface area contributed by atoms with Crippen LogP contribution >= 0.6 is 0 Å². The molecule has 12 N–H and O–H groups in total. The van der Waals surface area contributed by atoms with Crippen molar-refractivity contribution in [2.45, 2.75) is 30.3 Å². The van der Waals surface area contributed by atoms with Gasteiger partial charge in [-0.25, -0.2) is 0 Å². The van der Waals surface area contributed by atoms with Gasteiger partial charge in [-0.05, 0) is 32.6 Å². The van der Waals surface area contributed by atoms with Gasteiger partial charge >= 0.3 is 0 Å². The molecule has 35 heavy (non-hydrogen) atoms. The van der Waals surface area contributed by atoms with E-state index in [2.05, 4.69) is 0 Å². The fourth-order valence-electron chi connectivity index (χ4n) is 5.59. The molecule has 1 aromatic rings. The van der Waals surface area contributed by atoms with Crippen LogP contribution in [0.1, 0.15) is 18.1 Å². The first-order chi connectivity index (χ1) is 15.2. The van der Waals surface area contributed by atoms with E-state index in [0.29, 0.717) is 0 Å². The van der Waals surface area contributed by atoms with Crippen LogP contribution in [-0.4, -0.2) is 95.7 Å². The van der Waals surface area contributed by atoms with Crippen LogP contribution in [0.5, 0.6) is 5.75 Å². The third-order valence-electron chi connectivity index (χ3n) is 7.02. The number of benzene rings is 1. The first-order valence-corrected chi connectivity index (χ1v) is 10.1. The molecule has 0 bridgehead atoms. The Balaban J connectivity index is 0.00000216. The number of carbonyl (C=O) groups is 3. The molecule has 13 nitrogen and oxygen atoms in total.